The van der Waals surface area contributed by atoms with E-state index >= 15 is 0 Å². The first kappa shape index (κ1) is 18.2. The predicted octanol–water partition coefficient (Wildman–Crippen LogP) is 4.90. The highest BCUT2D eigenvalue weighted by Gasteiger charge is 2.17. The van der Waals surface area contributed by atoms with Gasteiger partial charge >= 0.3 is 0 Å². The number of nitrogens with one attached hydrogen (secondary N) is 1. The number of ether oxygens (including phenoxy) is 2. The molecule has 2 aromatic carbocycles. The van der Waals surface area contributed by atoms with Gasteiger partial charge in [0.2, 0.25) is 12.2 Å². The Hall–Kier alpha value is -3.87. The molecule has 6 nitrogen and oxygen atoms in total. The average Bonchev–Trinajstić information content (AvgIpc) is 3.22. The maximum atomic E-state index is 13.5. The molecule has 0 bridgehead atoms. The zero-order valence-electron chi connectivity index (χ0n) is 16.0. The first-order valence-electron chi connectivity index (χ1n) is 9.42. The largest absolute Gasteiger partial charge is 0.462 e. The van der Waals surface area contributed by atoms with Crippen molar-refractivity contribution in [3.63, 3.8) is 0 Å². The molecule has 0 unspecified atom stereocenters. The summed E-state index contributed by atoms with van der Waals surface area (Å²) in [6, 6.07) is 13.1. The molecule has 1 aliphatic rings. The number of hydrogen-bond donors (Lipinski definition) is 1. The molecule has 0 saturated carbocycles. The van der Waals surface area contributed by atoms with Crippen LogP contribution in [0.15, 0.2) is 70.2 Å². The van der Waals surface area contributed by atoms with E-state index < -0.39 is 0 Å². The van der Waals surface area contributed by atoms with Gasteiger partial charge in [0.1, 0.15) is 17.9 Å². The van der Waals surface area contributed by atoms with Crippen molar-refractivity contribution in [3.05, 3.63) is 82.6 Å². The molecule has 0 radical (unpaired) electrons. The molecule has 150 valence electrons. The van der Waals surface area contributed by atoms with Crippen molar-refractivity contribution in [1.29, 1.82) is 0 Å². The van der Waals surface area contributed by atoms with Crippen molar-refractivity contribution in [2.75, 3.05) is 12.1 Å². The summed E-state index contributed by atoms with van der Waals surface area (Å²) in [5.41, 5.74) is 2.07. The summed E-state index contributed by atoms with van der Waals surface area (Å²) < 4.78 is 29.9. The van der Waals surface area contributed by atoms with E-state index in [1.807, 2.05) is 13.0 Å². The Balaban J connectivity index is 1.51. The highest BCUT2D eigenvalue weighted by molar-refractivity contribution is 5.83. The van der Waals surface area contributed by atoms with Crippen LogP contribution >= 0.6 is 0 Å². The predicted molar refractivity (Wildman–Crippen MR) is 110 cm³/mol. The van der Waals surface area contributed by atoms with Gasteiger partial charge in [-0.3, -0.25) is 4.79 Å². The van der Waals surface area contributed by atoms with Gasteiger partial charge in [0.05, 0.1) is 23.2 Å². The van der Waals surface area contributed by atoms with Crippen molar-refractivity contribution in [2.45, 2.75) is 13.0 Å². The monoisotopic (exact) mass is 404 g/mol. The van der Waals surface area contributed by atoms with Crippen molar-refractivity contribution in [3.8, 4) is 22.6 Å². The van der Waals surface area contributed by atoms with Gasteiger partial charge in [-0.05, 0) is 48.4 Å². The lowest BCUT2D eigenvalue weighted by Gasteiger charge is -2.15. The number of benzene rings is 2. The van der Waals surface area contributed by atoms with Gasteiger partial charge in [-0.15, -0.1) is 0 Å². The third kappa shape index (κ3) is 3.24. The highest BCUT2D eigenvalue weighted by atomic mass is 19.1. The third-order valence-corrected chi connectivity index (χ3v) is 5.06. The Morgan fingerprint density at radius 1 is 1.10 bits per heavy atom. The lowest BCUT2D eigenvalue weighted by Crippen LogP contribution is -2.10. The quantitative estimate of drug-likeness (QED) is 0.522. The molecule has 4 aromatic rings. The number of fused-ring (bicyclic) bond motifs is 2. The third-order valence-electron chi connectivity index (χ3n) is 5.06. The van der Waals surface area contributed by atoms with E-state index in [2.05, 4.69) is 10.3 Å². The molecule has 0 fully saturated rings. The van der Waals surface area contributed by atoms with Crippen LogP contribution in [0.1, 0.15) is 18.5 Å². The molecule has 0 saturated heterocycles. The summed E-state index contributed by atoms with van der Waals surface area (Å²) in [6.07, 6.45) is 2.92. The summed E-state index contributed by atoms with van der Waals surface area (Å²) in [5, 5.41) is 3.60. The van der Waals surface area contributed by atoms with Crippen LogP contribution in [0.25, 0.3) is 22.1 Å². The summed E-state index contributed by atoms with van der Waals surface area (Å²) >= 11 is 0. The van der Waals surface area contributed by atoms with E-state index in [-0.39, 0.29) is 24.1 Å². The average molecular weight is 404 g/mol. The molecule has 2 aromatic heterocycles. The normalized spacial score (nSPS) is 13.4. The number of pyridine rings is 1. The van der Waals surface area contributed by atoms with Crippen LogP contribution in [0.3, 0.4) is 0 Å². The first-order valence-corrected chi connectivity index (χ1v) is 9.42. The van der Waals surface area contributed by atoms with Crippen LogP contribution in [0.4, 0.5) is 10.2 Å². The Kier molecular flexibility index (Phi) is 4.35. The zero-order valence-corrected chi connectivity index (χ0v) is 16.0. The van der Waals surface area contributed by atoms with Crippen LogP contribution in [-0.4, -0.2) is 11.8 Å². The zero-order chi connectivity index (χ0) is 20.7. The Labute approximate surface area is 170 Å². The van der Waals surface area contributed by atoms with E-state index in [4.69, 9.17) is 13.9 Å². The lowest BCUT2D eigenvalue weighted by atomic mass is 10.1. The lowest BCUT2D eigenvalue weighted by molar-refractivity contribution is 0.174. The van der Waals surface area contributed by atoms with Gasteiger partial charge in [-0.25, -0.2) is 9.37 Å². The van der Waals surface area contributed by atoms with E-state index in [1.165, 1.54) is 24.6 Å². The first-order chi connectivity index (χ1) is 14.6. The van der Waals surface area contributed by atoms with Crippen LogP contribution in [0.5, 0.6) is 11.5 Å². The molecule has 1 aliphatic heterocycles. The Morgan fingerprint density at radius 3 is 2.83 bits per heavy atom. The SMILES string of the molecule is C[C@H](Nc1cc2c(=O)c(-c3ccc4c(c3)OCO4)coc2cn1)c1cccc(F)c1. The standard InChI is InChI=1S/C23H17FN2O4/c1-13(14-3-2-4-16(24)7-14)26-22-9-17-21(10-25-22)28-11-18(23(17)27)15-5-6-19-20(8-15)30-12-29-19/h2-11,13H,12H2,1H3,(H,25,26)/t13-/m0/s1. The summed E-state index contributed by atoms with van der Waals surface area (Å²) in [6.45, 7) is 2.06. The van der Waals surface area contributed by atoms with Crippen molar-refractivity contribution in [1.82, 2.24) is 4.98 Å². The summed E-state index contributed by atoms with van der Waals surface area (Å²) in [4.78, 5) is 17.5. The number of nitrogens with zero attached hydrogens (tertiary/aromatic N) is 1. The van der Waals surface area contributed by atoms with Gasteiger partial charge in [-0.2, -0.15) is 0 Å². The van der Waals surface area contributed by atoms with Gasteiger partial charge in [0.15, 0.2) is 17.1 Å². The van der Waals surface area contributed by atoms with Crippen LogP contribution in [-0.2, 0) is 0 Å². The molecule has 0 amide bonds. The van der Waals surface area contributed by atoms with Gasteiger partial charge < -0.3 is 19.2 Å². The highest BCUT2D eigenvalue weighted by Crippen LogP contribution is 2.35. The smallest absolute Gasteiger partial charge is 0.231 e. The molecular formula is C23H17FN2O4. The molecule has 0 spiro atoms. The summed E-state index contributed by atoms with van der Waals surface area (Å²) in [5.74, 6) is 1.43. The Bertz CT molecular complexity index is 1320. The van der Waals surface area contributed by atoms with Crippen LogP contribution in [0.2, 0.25) is 0 Å². The maximum absolute atomic E-state index is 13.5. The molecule has 30 heavy (non-hydrogen) atoms. The molecule has 1 atom stereocenters. The molecule has 3 heterocycles. The minimum absolute atomic E-state index is 0.162. The van der Waals surface area contributed by atoms with Gasteiger partial charge in [0.25, 0.3) is 0 Å². The van der Waals surface area contributed by atoms with E-state index in [1.54, 1.807) is 30.3 Å². The van der Waals surface area contributed by atoms with Crippen LogP contribution in [0, 0.1) is 5.82 Å². The van der Waals surface area contributed by atoms with Gasteiger partial charge in [-0.1, -0.05) is 18.2 Å². The topological polar surface area (TPSA) is 73.6 Å². The molecule has 0 aliphatic carbocycles. The summed E-state index contributed by atoms with van der Waals surface area (Å²) in [7, 11) is 0. The minimum atomic E-state index is -0.304. The fourth-order valence-electron chi connectivity index (χ4n) is 3.46. The van der Waals surface area contributed by atoms with Gasteiger partial charge in [0, 0.05) is 0 Å². The van der Waals surface area contributed by atoms with E-state index in [0.29, 0.717) is 39.4 Å². The number of halogens is 1. The van der Waals surface area contributed by atoms with E-state index in [0.717, 1.165) is 5.56 Å². The molecule has 1 N–H and O–H groups in total. The number of anilines is 1. The number of rotatable bonds is 4. The molecular weight excluding hydrogens is 387 g/mol. The van der Waals surface area contributed by atoms with E-state index in [9.17, 15) is 9.18 Å². The second-order valence-electron chi connectivity index (χ2n) is 7.03. The minimum Gasteiger partial charge on any atom is -0.462 e. The Morgan fingerprint density at radius 2 is 1.97 bits per heavy atom. The number of hydrogen-bond acceptors (Lipinski definition) is 6. The fourth-order valence-corrected chi connectivity index (χ4v) is 3.46. The number of aromatic nitrogens is 1. The van der Waals surface area contributed by atoms with Crippen molar-refractivity contribution < 1.29 is 18.3 Å². The molecule has 5 rings (SSSR count). The second-order valence-corrected chi connectivity index (χ2v) is 7.03. The van der Waals surface area contributed by atoms with Crippen LogP contribution < -0.4 is 20.2 Å². The fraction of sp³-hybridized carbons (Fsp3) is 0.130. The second kappa shape index (κ2) is 7.18. The molecule has 7 heteroatoms. The maximum Gasteiger partial charge on any atom is 0.231 e. The van der Waals surface area contributed by atoms with Crippen molar-refractivity contribution in [2.24, 2.45) is 0 Å². The van der Waals surface area contributed by atoms with Crippen molar-refractivity contribution >= 4 is 16.8 Å².